The second-order valence-electron chi connectivity index (χ2n) is 6.25. The number of aromatic carboxylic acids is 1. The number of amides is 1. The summed E-state index contributed by atoms with van der Waals surface area (Å²) < 4.78 is 5.11. The summed E-state index contributed by atoms with van der Waals surface area (Å²) >= 11 is 0. The third-order valence-corrected chi connectivity index (χ3v) is 4.26. The van der Waals surface area contributed by atoms with E-state index in [1.165, 1.54) is 25.3 Å². The second kappa shape index (κ2) is 6.93. The van der Waals surface area contributed by atoms with Crippen LogP contribution < -0.4 is 10.1 Å². The van der Waals surface area contributed by atoms with Crippen LogP contribution in [0.5, 0.6) is 5.75 Å². The third-order valence-electron chi connectivity index (χ3n) is 4.26. The second-order valence-corrected chi connectivity index (χ2v) is 6.25. The number of methoxy groups -OCH3 is 1. The highest BCUT2D eigenvalue weighted by molar-refractivity contribution is 5.98. The van der Waals surface area contributed by atoms with Crippen molar-refractivity contribution in [1.82, 2.24) is 10.3 Å². The van der Waals surface area contributed by atoms with Gasteiger partial charge in [0.15, 0.2) is 0 Å². The maximum Gasteiger partial charge on any atom is 0.335 e. The van der Waals surface area contributed by atoms with E-state index in [9.17, 15) is 14.7 Å². The fraction of sp³-hybridized carbons (Fsp3) is 0.316. The fourth-order valence-corrected chi connectivity index (χ4v) is 2.80. The first kappa shape index (κ1) is 17.0. The molecule has 2 N–H and O–H groups in total. The van der Waals surface area contributed by atoms with E-state index in [0.29, 0.717) is 11.7 Å². The smallest absolute Gasteiger partial charge is 0.335 e. The number of benzene rings is 1. The highest BCUT2D eigenvalue weighted by Gasteiger charge is 2.34. The van der Waals surface area contributed by atoms with Crippen molar-refractivity contribution in [1.29, 1.82) is 0 Å². The van der Waals surface area contributed by atoms with Gasteiger partial charge in [-0.2, -0.15) is 0 Å². The van der Waals surface area contributed by atoms with Gasteiger partial charge in [0.2, 0.25) is 0 Å². The van der Waals surface area contributed by atoms with Crippen molar-refractivity contribution in [2.24, 2.45) is 5.92 Å². The number of aryl methyl sites for hydroxylation is 1. The van der Waals surface area contributed by atoms with Crippen molar-refractivity contribution < 1.29 is 19.4 Å². The molecule has 1 fully saturated rings. The molecule has 1 aliphatic carbocycles. The molecule has 0 aliphatic heterocycles. The zero-order valence-corrected chi connectivity index (χ0v) is 14.2. The molecule has 0 spiro atoms. The van der Waals surface area contributed by atoms with Gasteiger partial charge in [0.1, 0.15) is 5.75 Å². The summed E-state index contributed by atoms with van der Waals surface area (Å²) in [6, 6.07) is 9.85. The van der Waals surface area contributed by atoms with Crippen molar-refractivity contribution in [3.63, 3.8) is 0 Å². The van der Waals surface area contributed by atoms with Crippen LogP contribution in [-0.4, -0.2) is 29.1 Å². The van der Waals surface area contributed by atoms with E-state index < -0.39 is 5.97 Å². The lowest BCUT2D eigenvalue weighted by atomic mass is 10.1. The largest absolute Gasteiger partial charge is 0.497 e. The first-order valence-electron chi connectivity index (χ1n) is 8.14. The van der Waals surface area contributed by atoms with Crippen molar-refractivity contribution in [3.8, 4) is 5.75 Å². The van der Waals surface area contributed by atoms with Crippen molar-refractivity contribution in [3.05, 3.63) is 58.9 Å². The van der Waals surface area contributed by atoms with Crippen molar-refractivity contribution in [2.75, 3.05) is 7.11 Å². The van der Waals surface area contributed by atoms with Gasteiger partial charge in [-0.3, -0.25) is 9.78 Å². The number of hydrogen-bond donors (Lipinski definition) is 2. The predicted octanol–water partition coefficient (Wildman–Crippen LogP) is 2.98. The summed E-state index contributed by atoms with van der Waals surface area (Å²) in [5.41, 5.74) is 2.00. The van der Waals surface area contributed by atoms with Crippen LogP contribution in [0.25, 0.3) is 0 Å². The van der Waals surface area contributed by atoms with E-state index in [2.05, 4.69) is 10.3 Å². The van der Waals surface area contributed by atoms with Gasteiger partial charge in [-0.1, -0.05) is 6.07 Å². The Hall–Kier alpha value is -2.89. The van der Waals surface area contributed by atoms with Gasteiger partial charge in [-0.05, 0) is 56.0 Å². The Kier molecular flexibility index (Phi) is 4.70. The molecule has 6 heteroatoms. The molecule has 0 saturated heterocycles. The normalized spacial score (nSPS) is 14.6. The number of nitrogens with one attached hydrogen (secondary N) is 1. The molecule has 1 atom stereocenters. The topological polar surface area (TPSA) is 88.5 Å². The highest BCUT2D eigenvalue weighted by atomic mass is 16.5. The number of carboxylic acids is 1. The number of carbonyl (C=O) groups excluding carboxylic acids is 1. The molecule has 1 saturated carbocycles. The summed E-state index contributed by atoms with van der Waals surface area (Å²) in [6.45, 7) is 1.91. The molecule has 1 unspecified atom stereocenters. The molecule has 130 valence electrons. The maximum atomic E-state index is 12.7. The standard InChI is InChI=1S/C19H20N2O4/c1-11-4-3-5-16(20-11)17(12-6-7-12)21-18(22)13-8-14(19(23)24)10-15(9-13)25-2/h3-5,8-10,12,17H,6-7H2,1-2H3,(H,21,22)(H,23,24). The molecule has 25 heavy (non-hydrogen) atoms. The number of aromatic nitrogens is 1. The average molecular weight is 340 g/mol. The Bertz CT molecular complexity index is 815. The minimum absolute atomic E-state index is 0.0150. The molecule has 6 nitrogen and oxygen atoms in total. The van der Waals surface area contributed by atoms with Crippen LogP contribution in [0.15, 0.2) is 36.4 Å². The monoisotopic (exact) mass is 340 g/mol. The Labute approximate surface area is 145 Å². The number of pyridine rings is 1. The van der Waals surface area contributed by atoms with Gasteiger partial charge >= 0.3 is 5.97 Å². The Morgan fingerprint density at radius 2 is 1.96 bits per heavy atom. The lowest BCUT2D eigenvalue weighted by molar-refractivity contribution is 0.0696. The number of nitrogens with zero attached hydrogens (tertiary/aromatic N) is 1. The van der Waals surface area contributed by atoms with Crippen LogP contribution in [0.1, 0.15) is 51.0 Å². The molecular weight excluding hydrogens is 320 g/mol. The minimum Gasteiger partial charge on any atom is -0.497 e. The Balaban J connectivity index is 1.87. The summed E-state index contributed by atoms with van der Waals surface area (Å²) in [6.07, 6.45) is 2.08. The first-order chi connectivity index (χ1) is 12.0. The van der Waals surface area contributed by atoms with Gasteiger partial charge in [-0.25, -0.2) is 4.79 Å². The van der Waals surface area contributed by atoms with Crippen LogP contribution in [0, 0.1) is 12.8 Å². The first-order valence-corrected chi connectivity index (χ1v) is 8.14. The SMILES string of the molecule is COc1cc(C(=O)O)cc(C(=O)NC(c2cccc(C)n2)C2CC2)c1. The molecular formula is C19H20N2O4. The minimum atomic E-state index is -1.10. The Morgan fingerprint density at radius 1 is 1.24 bits per heavy atom. The summed E-state index contributed by atoms with van der Waals surface area (Å²) in [4.78, 5) is 28.5. The van der Waals surface area contributed by atoms with E-state index in [4.69, 9.17) is 4.74 Å². The predicted molar refractivity (Wildman–Crippen MR) is 91.9 cm³/mol. The van der Waals surface area contributed by atoms with Gasteiger partial charge in [0, 0.05) is 11.3 Å². The molecule has 1 aromatic carbocycles. The lowest BCUT2D eigenvalue weighted by Crippen LogP contribution is -2.30. The molecule has 1 aromatic heterocycles. The quantitative estimate of drug-likeness (QED) is 0.844. The number of carboxylic acid groups (broad SMARTS) is 1. The fourth-order valence-electron chi connectivity index (χ4n) is 2.80. The zero-order chi connectivity index (χ0) is 18.0. The van der Waals surface area contributed by atoms with E-state index >= 15 is 0 Å². The number of carbonyl (C=O) groups is 2. The van der Waals surface area contributed by atoms with E-state index in [1.54, 1.807) is 0 Å². The molecule has 1 aliphatic rings. The molecule has 3 rings (SSSR count). The molecule has 1 amide bonds. The summed E-state index contributed by atoms with van der Waals surface area (Å²) in [7, 11) is 1.44. The van der Waals surface area contributed by atoms with E-state index in [1.807, 2.05) is 25.1 Å². The van der Waals surface area contributed by atoms with Gasteiger partial charge in [0.25, 0.3) is 5.91 Å². The Morgan fingerprint density at radius 3 is 2.56 bits per heavy atom. The van der Waals surface area contributed by atoms with Gasteiger partial charge in [0.05, 0.1) is 24.4 Å². The van der Waals surface area contributed by atoms with Crippen LogP contribution in [-0.2, 0) is 0 Å². The number of rotatable bonds is 6. The van der Waals surface area contributed by atoms with E-state index in [-0.39, 0.29) is 23.1 Å². The molecule has 0 radical (unpaired) electrons. The lowest BCUT2D eigenvalue weighted by Gasteiger charge is -2.18. The van der Waals surface area contributed by atoms with Gasteiger partial charge < -0.3 is 15.2 Å². The number of ether oxygens (including phenoxy) is 1. The van der Waals surface area contributed by atoms with Crippen LogP contribution in [0.3, 0.4) is 0 Å². The molecule has 2 aromatic rings. The summed E-state index contributed by atoms with van der Waals surface area (Å²) in [5.74, 6) is -0.738. The molecule has 0 bridgehead atoms. The van der Waals surface area contributed by atoms with Crippen molar-refractivity contribution in [2.45, 2.75) is 25.8 Å². The number of hydrogen-bond acceptors (Lipinski definition) is 4. The maximum absolute atomic E-state index is 12.7. The van der Waals surface area contributed by atoms with Gasteiger partial charge in [-0.15, -0.1) is 0 Å². The summed E-state index contributed by atoms with van der Waals surface area (Å²) in [5, 5.41) is 12.2. The van der Waals surface area contributed by atoms with Crippen LogP contribution in [0.2, 0.25) is 0 Å². The molecule has 1 heterocycles. The highest BCUT2D eigenvalue weighted by Crippen LogP contribution is 2.40. The zero-order valence-electron chi connectivity index (χ0n) is 14.2. The van der Waals surface area contributed by atoms with Crippen LogP contribution >= 0.6 is 0 Å². The van der Waals surface area contributed by atoms with E-state index in [0.717, 1.165) is 24.2 Å². The average Bonchev–Trinajstić information content (AvgIpc) is 3.43. The van der Waals surface area contributed by atoms with Crippen LogP contribution in [0.4, 0.5) is 0 Å². The third kappa shape index (κ3) is 3.96. The van der Waals surface area contributed by atoms with Crippen molar-refractivity contribution >= 4 is 11.9 Å².